The van der Waals surface area contributed by atoms with Gasteiger partial charge in [-0.2, -0.15) is 11.8 Å². The number of hydrogen-bond donors (Lipinski definition) is 2. The fourth-order valence-electron chi connectivity index (χ4n) is 4.34. The highest BCUT2D eigenvalue weighted by atomic mass is 32.2. The summed E-state index contributed by atoms with van der Waals surface area (Å²) in [7, 11) is 0. The standard InChI is InChI=1S/C28H45N3O4S/c1-8-9-16-29-25(32)24(22-14-13-19(2)18-20(22)3)31(21-11-10-12-21)26(33)23(15-17-36-7)30-27(34)35-28(4,5)6/h13-14,18,21,23-24H,8-12,15-17H2,1-7H3,(H,29,32)(H,30,34). The van der Waals surface area contributed by atoms with Crippen LogP contribution in [0.4, 0.5) is 4.79 Å². The summed E-state index contributed by atoms with van der Waals surface area (Å²) in [5.41, 5.74) is 2.23. The quantitative estimate of drug-likeness (QED) is 0.367. The van der Waals surface area contributed by atoms with Crippen molar-refractivity contribution in [2.45, 2.75) is 104 Å². The Labute approximate surface area is 221 Å². The number of aryl methyl sites for hydroxylation is 2. The van der Waals surface area contributed by atoms with Gasteiger partial charge in [0.1, 0.15) is 17.7 Å². The molecule has 1 fully saturated rings. The van der Waals surface area contributed by atoms with E-state index >= 15 is 0 Å². The van der Waals surface area contributed by atoms with Crippen LogP contribution in [-0.2, 0) is 14.3 Å². The summed E-state index contributed by atoms with van der Waals surface area (Å²) >= 11 is 1.61. The molecule has 36 heavy (non-hydrogen) atoms. The number of benzene rings is 1. The first-order valence-corrected chi connectivity index (χ1v) is 14.5. The molecule has 1 aliphatic carbocycles. The number of alkyl carbamates (subject to hydrolysis) is 1. The highest BCUT2D eigenvalue weighted by Crippen LogP contribution is 2.35. The Hall–Kier alpha value is -2.22. The van der Waals surface area contributed by atoms with Gasteiger partial charge in [0.05, 0.1) is 0 Å². The SMILES string of the molecule is CCCCNC(=O)C(c1ccc(C)cc1C)N(C(=O)C(CCSC)NC(=O)OC(C)(C)C)C1CCC1. The zero-order valence-electron chi connectivity index (χ0n) is 23.1. The predicted octanol–water partition coefficient (Wildman–Crippen LogP) is 5.29. The molecule has 2 unspecified atom stereocenters. The van der Waals surface area contributed by atoms with E-state index < -0.39 is 23.8 Å². The van der Waals surface area contributed by atoms with Crippen LogP contribution < -0.4 is 10.6 Å². The van der Waals surface area contributed by atoms with Crippen LogP contribution in [0.25, 0.3) is 0 Å². The van der Waals surface area contributed by atoms with Crippen LogP contribution in [0.2, 0.25) is 0 Å². The summed E-state index contributed by atoms with van der Waals surface area (Å²) in [5.74, 6) is 0.300. The molecule has 0 aromatic heterocycles. The fourth-order valence-corrected chi connectivity index (χ4v) is 4.81. The van der Waals surface area contributed by atoms with Gasteiger partial charge in [0, 0.05) is 12.6 Å². The summed E-state index contributed by atoms with van der Waals surface area (Å²) in [6, 6.07) is 4.43. The molecule has 1 aliphatic rings. The van der Waals surface area contributed by atoms with E-state index in [1.165, 1.54) is 0 Å². The second-order valence-electron chi connectivity index (χ2n) is 10.7. The van der Waals surface area contributed by atoms with E-state index in [4.69, 9.17) is 4.74 Å². The largest absolute Gasteiger partial charge is 0.444 e. The summed E-state index contributed by atoms with van der Waals surface area (Å²) in [4.78, 5) is 42.3. The highest BCUT2D eigenvalue weighted by Gasteiger charge is 2.42. The van der Waals surface area contributed by atoms with Crippen molar-refractivity contribution < 1.29 is 19.1 Å². The van der Waals surface area contributed by atoms with Crippen LogP contribution in [0.15, 0.2) is 18.2 Å². The minimum Gasteiger partial charge on any atom is -0.444 e. The van der Waals surface area contributed by atoms with Gasteiger partial charge in [-0.05, 0) is 89.9 Å². The number of carbonyl (C=O) groups excluding carboxylic acids is 3. The molecule has 8 heteroatoms. The van der Waals surface area contributed by atoms with Gasteiger partial charge >= 0.3 is 6.09 Å². The van der Waals surface area contributed by atoms with E-state index in [-0.39, 0.29) is 17.9 Å². The van der Waals surface area contributed by atoms with Crippen LogP contribution in [0.1, 0.15) is 89.0 Å². The monoisotopic (exact) mass is 519 g/mol. The molecular weight excluding hydrogens is 474 g/mol. The second kappa shape index (κ2) is 13.9. The number of amides is 3. The van der Waals surface area contributed by atoms with Gasteiger partial charge in [0.15, 0.2) is 0 Å². The molecule has 1 aromatic rings. The molecule has 3 amide bonds. The maximum absolute atomic E-state index is 14.2. The molecule has 0 bridgehead atoms. The van der Waals surface area contributed by atoms with E-state index in [1.807, 2.05) is 32.2 Å². The highest BCUT2D eigenvalue weighted by molar-refractivity contribution is 7.98. The zero-order valence-corrected chi connectivity index (χ0v) is 23.9. The Morgan fingerprint density at radius 1 is 1.19 bits per heavy atom. The van der Waals surface area contributed by atoms with E-state index in [9.17, 15) is 14.4 Å². The Bertz CT molecular complexity index is 895. The van der Waals surface area contributed by atoms with Crippen molar-refractivity contribution in [1.29, 1.82) is 0 Å². The van der Waals surface area contributed by atoms with E-state index in [0.29, 0.717) is 18.7 Å². The maximum atomic E-state index is 14.2. The molecule has 2 atom stereocenters. The third-order valence-corrected chi connectivity index (χ3v) is 7.04. The second-order valence-corrected chi connectivity index (χ2v) is 11.7. The lowest BCUT2D eigenvalue weighted by molar-refractivity contribution is -0.147. The normalized spacial score (nSPS) is 15.4. The number of ether oxygens (including phenoxy) is 1. The minimum atomic E-state index is -0.774. The Morgan fingerprint density at radius 2 is 1.89 bits per heavy atom. The number of rotatable bonds is 12. The van der Waals surface area contributed by atoms with Gasteiger partial charge < -0.3 is 20.3 Å². The van der Waals surface area contributed by atoms with Crippen LogP contribution in [0.5, 0.6) is 0 Å². The first-order valence-electron chi connectivity index (χ1n) is 13.1. The summed E-state index contributed by atoms with van der Waals surface area (Å²) in [6.07, 6.45) is 6.35. The first kappa shape index (κ1) is 30.0. The van der Waals surface area contributed by atoms with Gasteiger partial charge in [-0.25, -0.2) is 4.79 Å². The molecule has 0 heterocycles. The molecule has 2 N–H and O–H groups in total. The molecule has 0 aliphatic heterocycles. The average Bonchev–Trinajstić information content (AvgIpc) is 2.74. The van der Waals surface area contributed by atoms with Crippen molar-refractivity contribution in [2.75, 3.05) is 18.6 Å². The third kappa shape index (κ3) is 8.71. The molecule has 1 saturated carbocycles. The third-order valence-electron chi connectivity index (χ3n) is 6.40. The van der Waals surface area contributed by atoms with Gasteiger partial charge in [-0.1, -0.05) is 37.1 Å². The summed E-state index contributed by atoms with van der Waals surface area (Å²) < 4.78 is 5.46. The van der Waals surface area contributed by atoms with Crippen LogP contribution in [-0.4, -0.2) is 59.0 Å². The topological polar surface area (TPSA) is 87.7 Å². The summed E-state index contributed by atoms with van der Waals surface area (Å²) in [5, 5.41) is 5.88. The minimum absolute atomic E-state index is 0.0441. The van der Waals surface area contributed by atoms with Crippen molar-refractivity contribution in [3.8, 4) is 0 Å². The maximum Gasteiger partial charge on any atom is 0.408 e. The van der Waals surface area contributed by atoms with Crippen molar-refractivity contribution in [2.24, 2.45) is 0 Å². The zero-order chi connectivity index (χ0) is 26.9. The summed E-state index contributed by atoms with van der Waals surface area (Å²) in [6.45, 7) is 12.0. The van der Waals surface area contributed by atoms with Gasteiger partial charge in [-0.3, -0.25) is 9.59 Å². The molecule has 7 nitrogen and oxygen atoms in total. The molecule has 1 aromatic carbocycles. The van der Waals surface area contributed by atoms with Gasteiger partial charge in [-0.15, -0.1) is 0 Å². The lowest BCUT2D eigenvalue weighted by atomic mass is 9.87. The lowest BCUT2D eigenvalue weighted by Gasteiger charge is -2.44. The number of nitrogens with one attached hydrogen (secondary N) is 2. The van der Waals surface area contributed by atoms with Gasteiger partial charge in [0.25, 0.3) is 0 Å². The first-order chi connectivity index (χ1) is 17.0. The predicted molar refractivity (Wildman–Crippen MR) is 147 cm³/mol. The Balaban J connectivity index is 2.47. The van der Waals surface area contributed by atoms with Crippen molar-refractivity contribution in [3.05, 3.63) is 34.9 Å². The van der Waals surface area contributed by atoms with Crippen LogP contribution >= 0.6 is 11.8 Å². The van der Waals surface area contributed by atoms with Crippen molar-refractivity contribution in [3.63, 3.8) is 0 Å². The Kier molecular flexibility index (Phi) is 11.6. The van der Waals surface area contributed by atoms with Crippen molar-refractivity contribution in [1.82, 2.24) is 15.5 Å². The number of unbranched alkanes of at least 4 members (excludes halogenated alkanes) is 1. The van der Waals surface area contributed by atoms with E-state index in [1.54, 1.807) is 37.4 Å². The molecule has 0 spiro atoms. The molecular formula is C28H45N3O4S. The fraction of sp³-hybridized carbons (Fsp3) is 0.679. The average molecular weight is 520 g/mol. The van der Waals surface area contributed by atoms with E-state index in [2.05, 4.69) is 23.6 Å². The molecule has 202 valence electrons. The van der Waals surface area contributed by atoms with Crippen molar-refractivity contribution >= 4 is 29.7 Å². The van der Waals surface area contributed by atoms with E-state index in [0.717, 1.165) is 48.8 Å². The molecule has 2 rings (SSSR count). The number of thioether (sulfide) groups is 1. The van der Waals surface area contributed by atoms with Gasteiger partial charge in [0.2, 0.25) is 11.8 Å². The molecule has 0 radical (unpaired) electrons. The molecule has 0 saturated heterocycles. The Morgan fingerprint density at radius 3 is 2.42 bits per heavy atom. The number of nitrogens with zero attached hydrogens (tertiary/aromatic N) is 1. The van der Waals surface area contributed by atoms with Crippen LogP contribution in [0.3, 0.4) is 0 Å². The smallest absolute Gasteiger partial charge is 0.408 e. The van der Waals surface area contributed by atoms with Crippen LogP contribution in [0, 0.1) is 13.8 Å². The number of carbonyl (C=O) groups is 3. The number of hydrogen-bond acceptors (Lipinski definition) is 5. The lowest BCUT2D eigenvalue weighted by Crippen LogP contribution is -2.57.